The number of hydrogen-bond donors (Lipinski definition) is 1. The molecular formula is C12H24F3NO. The quantitative estimate of drug-likeness (QED) is 0.603. The summed E-state index contributed by atoms with van der Waals surface area (Å²) < 4.78 is 40.6. The van der Waals surface area contributed by atoms with Crippen molar-refractivity contribution in [3.05, 3.63) is 0 Å². The van der Waals surface area contributed by atoms with Gasteiger partial charge in [0.25, 0.3) is 0 Å². The standard InChI is InChI=1S/C12H24F3NO/c1-3-11(16-4-2)7-5-9-17-10-6-8-12(13,14)15/h11,16H,3-10H2,1-2H3. The summed E-state index contributed by atoms with van der Waals surface area (Å²) in [7, 11) is 0. The molecule has 104 valence electrons. The van der Waals surface area contributed by atoms with Crippen LogP contribution in [0.5, 0.6) is 0 Å². The molecule has 0 heterocycles. The van der Waals surface area contributed by atoms with Gasteiger partial charge in [-0.05, 0) is 32.2 Å². The Bertz CT molecular complexity index is 174. The van der Waals surface area contributed by atoms with Gasteiger partial charge >= 0.3 is 6.18 Å². The summed E-state index contributed by atoms with van der Waals surface area (Å²) in [4.78, 5) is 0. The van der Waals surface area contributed by atoms with E-state index in [1.54, 1.807) is 0 Å². The van der Waals surface area contributed by atoms with E-state index in [1.807, 2.05) is 0 Å². The Kier molecular flexibility index (Phi) is 9.55. The van der Waals surface area contributed by atoms with Gasteiger partial charge in [0.1, 0.15) is 0 Å². The van der Waals surface area contributed by atoms with Gasteiger partial charge in [0, 0.05) is 25.7 Å². The second-order valence-corrected chi connectivity index (χ2v) is 4.14. The molecule has 0 aromatic heterocycles. The smallest absolute Gasteiger partial charge is 0.381 e. The van der Waals surface area contributed by atoms with E-state index in [0.717, 1.165) is 25.8 Å². The summed E-state index contributed by atoms with van der Waals surface area (Å²) in [6.45, 7) is 5.90. The summed E-state index contributed by atoms with van der Waals surface area (Å²) in [5, 5.41) is 3.35. The maximum Gasteiger partial charge on any atom is 0.389 e. The van der Waals surface area contributed by atoms with Crippen LogP contribution in [0.3, 0.4) is 0 Å². The van der Waals surface area contributed by atoms with Crippen LogP contribution in [-0.4, -0.2) is 32.0 Å². The Hall–Kier alpha value is -0.290. The van der Waals surface area contributed by atoms with E-state index in [9.17, 15) is 13.2 Å². The van der Waals surface area contributed by atoms with Crippen LogP contribution in [0.25, 0.3) is 0 Å². The van der Waals surface area contributed by atoms with Crippen molar-refractivity contribution in [2.45, 2.75) is 58.2 Å². The van der Waals surface area contributed by atoms with Crippen LogP contribution in [0.4, 0.5) is 13.2 Å². The first-order chi connectivity index (χ1) is 7.99. The van der Waals surface area contributed by atoms with Gasteiger partial charge in [0.05, 0.1) is 0 Å². The molecule has 0 aliphatic heterocycles. The number of rotatable bonds is 10. The molecule has 0 amide bonds. The third-order valence-electron chi connectivity index (χ3n) is 2.58. The topological polar surface area (TPSA) is 21.3 Å². The fraction of sp³-hybridized carbons (Fsp3) is 1.00. The largest absolute Gasteiger partial charge is 0.389 e. The maximum atomic E-state index is 11.8. The van der Waals surface area contributed by atoms with Crippen molar-refractivity contribution in [1.29, 1.82) is 0 Å². The Labute approximate surface area is 102 Å². The highest BCUT2D eigenvalue weighted by Crippen LogP contribution is 2.20. The van der Waals surface area contributed by atoms with Crippen molar-refractivity contribution in [2.24, 2.45) is 0 Å². The first-order valence-electron chi connectivity index (χ1n) is 6.37. The van der Waals surface area contributed by atoms with Crippen LogP contribution in [-0.2, 0) is 4.74 Å². The van der Waals surface area contributed by atoms with Crippen molar-refractivity contribution in [3.8, 4) is 0 Å². The van der Waals surface area contributed by atoms with Crippen molar-refractivity contribution < 1.29 is 17.9 Å². The molecule has 5 heteroatoms. The first kappa shape index (κ1) is 16.7. The number of hydrogen-bond acceptors (Lipinski definition) is 2. The third-order valence-corrected chi connectivity index (χ3v) is 2.58. The third kappa shape index (κ3) is 12.0. The summed E-state index contributed by atoms with van der Waals surface area (Å²) in [5.41, 5.74) is 0. The molecule has 1 atom stereocenters. The molecule has 0 saturated heterocycles. The van der Waals surface area contributed by atoms with Crippen LogP contribution in [0.15, 0.2) is 0 Å². The van der Waals surface area contributed by atoms with Crippen molar-refractivity contribution >= 4 is 0 Å². The second kappa shape index (κ2) is 9.71. The average Bonchev–Trinajstić information content (AvgIpc) is 2.24. The predicted molar refractivity (Wildman–Crippen MR) is 63.1 cm³/mol. The Morgan fingerprint density at radius 3 is 2.29 bits per heavy atom. The SMILES string of the molecule is CCNC(CC)CCCOCCCC(F)(F)F. The van der Waals surface area contributed by atoms with Crippen molar-refractivity contribution in [1.82, 2.24) is 5.32 Å². The zero-order valence-electron chi connectivity index (χ0n) is 10.8. The van der Waals surface area contributed by atoms with Crippen LogP contribution in [0.1, 0.15) is 46.0 Å². The molecule has 0 spiro atoms. The van der Waals surface area contributed by atoms with Gasteiger partial charge in [0.15, 0.2) is 0 Å². The Balaban J connectivity index is 3.28. The maximum absolute atomic E-state index is 11.8. The molecule has 2 nitrogen and oxygen atoms in total. The first-order valence-corrected chi connectivity index (χ1v) is 6.37. The minimum absolute atomic E-state index is 0.0634. The van der Waals surface area contributed by atoms with Crippen molar-refractivity contribution in [3.63, 3.8) is 0 Å². The summed E-state index contributed by atoms with van der Waals surface area (Å²) >= 11 is 0. The van der Waals surface area contributed by atoms with E-state index in [2.05, 4.69) is 19.2 Å². The summed E-state index contributed by atoms with van der Waals surface area (Å²) in [6.07, 6.45) is -1.75. The normalized spacial score (nSPS) is 13.9. The molecule has 1 unspecified atom stereocenters. The Morgan fingerprint density at radius 2 is 1.76 bits per heavy atom. The van der Waals surface area contributed by atoms with E-state index in [-0.39, 0.29) is 13.0 Å². The predicted octanol–water partition coefficient (Wildman–Crippen LogP) is 3.51. The molecule has 0 bridgehead atoms. The van der Waals surface area contributed by atoms with E-state index >= 15 is 0 Å². The molecule has 1 N–H and O–H groups in total. The fourth-order valence-corrected chi connectivity index (χ4v) is 1.65. The number of ether oxygens (including phenoxy) is 1. The molecule has 0 saturated carbocycles. The molecule has 0 aliphatic carbocycles. The van der Waals surface area contributed by atoms with Crippen LogP contribution >= 0.6 is 0 Å². The monoisotopic (exact) mass is 255 g/mol. The molecule has 17 heavy (non-hydrogen) atoms. The highest BCUT2D eigenvalue weighted by molar-refractivity contribution is 4.63. The summed E-state index contributed by atoms with van der Waals surface area (Å²) in [6, 6.07) is 0.499. The van der Waals surface area contributed by atoms with Gasteiger partial charge in [-0.3, -0.25) is 0 Å². The van der Waals surface area contributed by atoms with Gasteiger partial charge < -0.3 is 10.1 Å². The Morgan fingerprint density at radius 1 is 1.12 bits per heavy atom. The van der Waals surface area contributed by atoms with Crippen LogP contribution in [0.2, 0.25) is 0 Å². The lowest BCUT2D eigenvalue weighted by Gasteiger charge is -2.15. The molecule has 0 rings (SSSR count). The minimum Gasteiger partial charge on any atom is -0.381 e. The number of alkyl halides is 3. The number of halogens is 3. The van der Waals surface area contributed by atoms with Gasteiger partial charge in [-0.15, -0.1) is 0 Å². The lowest BCUT2D eigenvalue weighted by atomic mass is 10.1. The van der Waals surface area contributed by atoms with Gasteiger partial charge in [-0.25, -0.2) is 0 Å². The lowest BCUT2D eigenvalue weighted by Crippen LogP contribution is -2.28. The van der Waals surface area contributed by atoms with Gasteiger partial charge in [-0.2, -0.15) is 13.2 Å². The van der Waals surface area contributed by atoms with E-state index in [0.29, 0.717) is 12.6 Å². The highest BCUT2D eigenvalue weighted by atomic mass is 19.4. The molecule has 0 fully saturated rings. The molecule has 0 aromatic rings. The van der Waals surface area contributed by atoms with Gasteiger partial charge in [-0.1, -0.05) is 13.8 Å². The van der Waals surface area contributed by atoms with E-state index < -0.39 is 12.6 Å². The molecule has 0 aromatic carbocycles. The number of nitrogens with one attached hydrogen (secondary N) is 1. The summed E-state index contributed by atoms with van der Waals surface area (Å²) in [5.74, 6) is 0. The molecular weight excluding hydrogens is 231 g/mol. The highest BCUT2D eigenvalue weighted by Gasteiger charge is 2.25. The second-order valence-electron chi connectivity index (χ2n) is 4.14. The minimum atomic E-state index is -4.05. The fourth-order valence-electron chi connectivity index (χ4n) is 1.65. The van der Waals surface area contributed by atoms with E-state index in [4.69, 9.17) is 4.74 Å². The molecule has 0 radical (unpaired) electrons. The average molecular weight is 255 g/mol. The lowest BCUT2D eigenvalue weighted by molar-refractivity contribution is -0.137. The van der Waals surface area contributed by atoms with Crippen LogP contribution < -0.4 is 5.32 Å². The zero-order chi connectivity index (χ0) is 13.1. The zero-order valence-corrected chi connectivity index (χ0v) is 10.8. The van der Waals surface area contributed by atoms with Crippen molar-refractivity contribution in [2.75, 3.05) is 19.8 Å². The van der Waals surface area contributed by atoms with Gasteiger partial charge in [0.2, 0.25) is 0 Å². The van der Waals surface area contributed by atoms with E-state index in [1.165, 1.54) is 0 Å². The molecule has 0 aliphatic rings. The van der Waals surface area contributed by atoms with Crippen LogP contribution in [0, 0.1) is 0 Å².